The monoisotopic (exact) mass is 265 g/mol. The molecule has 0 saturated heterocycles. The molecule has 5 nitrogen and oxygen atoms in total. The van der Waals surface area contributed by atoms with Gasteiger partial charge in [-0.1, -0.05) is 19.9 Å². The Hall–Kier alpha value is -1.78. The summed E-state index contributed by atoms with van der Waals surface area (Å²) in [6, 6.07) is 5.27. The number of rotatable bonds is 7. The van der Waals surface area contributed by atoms with Crippen molar-refractivity contribution in [3.63, 3.8) is 0 Å². The van der Waals surface area contributed by atoms with Crippen molar-refractivity contribution in [2.45, 2.75) is 33.2 Å². The van der Waals surface area contributed by atoms with E-state index in [9.17, 15) is 4.79 Å². The number of ether oxygens (including phenoxy) is 1. The van der Waals surface area contributed by atoms with Gasteiger partial charge in [0, 0.05) is 6.54 Å². The van der Waals surface area contributed by atoms with Crippen molar-refractivity contribution < 1.29 is 9.53 Å². The van der Waals surface area contributed by atoms with E-state index in [0.717, 1.165) is 12.4 Å². The SMILES string of the molecule is CCNc1cccc(NC(CC(C)C)C(=O)OC)n1. The van der Waals surface area contributed by atoms with Crippen LogP contribution in [0.25, 0.3) is 0 Å². The molecule has 1 heterocycles. The number of esters is 1. The molecular weight excluding hydrogens is 242 g/mol. The van der Waals surface area contributed by atoms with Crippen molar-refractivity contribution in [2.75, 3.05) is 24.3 Å². The van der Waals surface area contributed by atoms with Crippen LogP contribution in [-0.4, -0.2) is 30.6 Å². The summed E-state index contributed by atoms with van der Waals surface area (Å²) in [4.78, 5) is 16.1. The molecule has 2 N–H and O–H groups in total. The zero-order chi connectivity index (χ0) is 14.3. The molecule has 0 spiro atoms. The van der Waals surface area contributed by atoms with Gasteiger partial charge in [-0.15, -0.1) is 0 Å². The fourth-order valence-corrected chi connectivity index (χ4v) is 1.80. The molecule has 0 aliphatic heterocycles. The molecule has 1 rings (SSSR count). The van der Waals surface area contributed by atoms with Gasteiger partial charge in [-0.2, -0.15) is 0 Å². The maximum atomic E-state index is 11.7. The van der Waals surface area contributed by atoms with Crippen LogP contribution in [0.5, 0.6) is 0 Å². The molecule has 1 aromatic heterocycles. The Kier molecular flexibility index (Phi) is 6.12. The van der Waals surface area contributed by atoms with Gasteiger partial charge in [0.1, 0.15) is 17.7 Å². The van der Waals surface area contributed by atoms with Crippen molar-refractivity contribution in [3.8, 4) is 0 Å². The lowest BCUT2D eigenvalue weighted by Gasteiger charge is -2.19. The van der Waals surface area contributed by atoms with E-state index in [1.54, 1.807) is 0 Å². The number of nitrogens with one attached hydrogen (secondary N) is 2. The quantitative estimate of drug-likeness (QED) is 0.742. The Bertz CT molecular complexity index is 407. The molecule has 1 aromatic rings. The fourth-order valence-electron chi connectivity index (χ4n) is 1.80. The average Bonchev–Trinajstić information content (AvgIpc) is 2.37. The van der Waals surface area contributed by atoms with Crippen LogP contribution < -0.4 is 10.6 Å². The number of anilines is 2. The van der Waals surface area contributed by atoms with E-state index in [1.165, 1.54) is 7.11 Å². The first-order valence-corrected chi connectivity index (χ1v) is 6.62. The Morgan fingerprint density at radius 2 is 2.05 bits per heavy atom. The minimum Gasteiger partial charge on any atom is -0.467 e. The summed E-state index contributed by atoms with van der Waals surface area (Å²) in [5.41, 5.74) is 0. The van der Waals surface area contributed by atoms with E-state index in [-0.39, 0.29) is 12.0 Å². The van der Waals surface area contributed by atoms with Crippen molar-refractivity contribution in [3.05, 3.63) is 18.2 Å². The van der Waals surface area contributed by atoms with Gasteiger partial charge < -0.3 is 15.4 Å². The molecule has 0 fully saturated rings. The summed E-state index contributed by atoms with van der Waals surface area (Å²) < 4.78 is 4.82. The van der Waals surface area contributed by atoms with E-state index in [2.05, 4.69) is 29.5 Å². The highest BCUT2D eigenvalue weighted by Gasteiger charge is 2.20. The molecule has 0 saturated carbocycles. The van der Waals surface area contributed by atoms with Crippen molar-refractivity contribution in [1.29, 1.82) is 0 Å². The zero-order valence-electron chi connectivity index (χ0n) is 12.1. The molecule has 1 atom stereocenters. The molecule has 0 aliphatic rings. The summed E-state index contributed by atoms with van der Waals surface area (Å²) >= 11 is 0. The van der Waals surface area contributed by atoms with Gasteiger partial charge in [-0.3, -0.25) is 0 Å². The van der Waals surface area contributed by atoms with Crippen LogP contribution in [-0.2, 0) is 9.53 Å². The lowest BCUT2D eigenvalue weighted by atomic mass is 10.0. The van der Waals surface area contributed by atoms with Crippen LogP contribution in [0.1, 0.15) is 27.2 Å². The minimum atomic E-state index is -0.366. The van der Waals surface area contributed by atoms with Crippen molar-refractivity contribution in [2.24, 2.45) is 5.92 Å². The Morgan fingerprint density at radius 1 is 1.37 bits per heavy atom. The van der Waals surface area contributed by atoms with E-state index in [4.69, 9.17) is 4.74 Å². The maximum Gasteiger partial charge on any atom is 0.328 e. The van der Waals surface area contributed by atoms with Gasteiger partial charge in [0.25, 0.3) is 0 Å². The highest BCUT2D eigenvalue weighted by molar-refractivity contribution is 5.78. The van der Waals surface area contributed by atoms with E-state index in [1.807, 2.05) is 25.1 Å². The van der Waals surface area contributed by atoms with Gasteiger partial charge in [0.2, 0.25) is 0 Å². The molecule has 19 heavy (non-hydrogen) atoms. The number of carbonyl (C=O) groups is 1. The molecule has 0 aliphatic carbocycles. The Labute approximate surface area is 114 Å². The summed E-state index contributed by atoms with van der Waals surface area (Å²) in [7, 11) is 1.40. The second-order valence-electron chi connectivity index (χ2n) is 4.79. The second kappa shape index (κ2) is 7.61. The largest absolute Gasteiger partial charge is 0.467 e. The topological polar surface area (TPSA) is 63.2 Å². The Morgan fingerprint density at radius 3 is 2.63 bits per heavy atom. The third kappa shape index (κ3) is 5.16. The standard InChI is InChI=1S/C14H23N3O2/c1-5-15-12-7-6-8-13(17-12)16-11(9-10(2)3)14(18)19-4/h6-8,10-11H,5,9H2,1-4H3,(H2,15,16,17). The van der Waals surface area contributed by atoms with Crippen LogP contribution in [0.2, 0.25) is 0 Å². The molecule has 5 heteroatoms. The summed E-state index contributed by atoms with van der Waals surface area (Å²) in [5, 5.41) is 6.27. The fraction of sp³-hybridized carbons (Fsp3) is 0.571. The smallest absolute Gasteiger partial charge is 0.328 e. The molecular formula is C14H23N3O2. The molecule has 106 valence electrons. The molecule has 0 amide bonds. The van der Waals surface area contributed by atoms with Gasteiger partial charge >= 0.3 is 5.97 Å². The number of hydrogen-bond acceptors (Lipinski definition) is 5. The number of nitrogens with zero attached hydrogens (tertiary/aromatic N) is 1. The van der Waals surface area contributed by atoms with Crippen LogP contribution in [0.3, 0.4) is 0 Å². The zero-order valence-corrected chi connectivity index (χ0v) is 12.1. The first kappa shape index (κ1) is 15.3. The van der Waals surface area contributed by atoms with Crippen LogP contribution >= 0.6 is 0 Å². The van der Waals surface area contributed by atoms with Crippen LogP contribution in [0.15, 0.2) is 18.2 Å². The number of carbonyl (C=O) groups excluding carboxylic acids is 1. The number of aromatic nitrogens is 1. The predicted octanol–water partition coefficient (Wildman–Crippen LogP) is 2.51. The van der Waals surface area contributed by atoms with E-state index in [0.29, 0.717) is 18.2 Å². The van der Waals surface area contributed by atoms with Crippen LogP contribution in [0.4, 0.5) is 11.6 Å². The number of methoxy groups -OCH3 is 1. The lowest BCUT2D eigenvalue weighted by molar-refractivity contribution is -0.141. The van der Waals surface area contributed by atoms with E-state index < -0.39 is 0 Å². The highest BCUT2D eigenvalue weighted by Crippen LogP contribution is 2.14. The van der Waals surface area contributed by atoms with Gasteiger partial charge in [0.05, 0.1) is 7.11 Å². The first-order chi connectivity index (χ1) is 9.06. The van der Waals surface area contributed by atoms with Gasteiger partial charge in [-0.05, 0) is 31.4 Å². The Balaban J connectivity index is 2.77. The van der Waals surface area contributed by atoms with Gasteiger partial charge in [-0.25, -0.2) is 9.78 Å². The summed E-state index contributed by atoms with van der Waals surface area (Å²) in [5.74, 6) is 1.60. The normalized spacial score (nSPS) is 12.1. The predicted molar refractivity (Wildman–Crippen MR) is 77.3 cm³/mol. The summed E-state index contributed by atoms with van der Waals surface area (Å²) in [6.45, 7) is 6.96. The molecule has 0 radical (unpaired) electrons. The van der Waals surface area contributed by atoms with Gasteiger partial charge in [0.15, 0.2) is 0 Å². The summed E-state index contributed by atoms with van der Waals surface area (Å²) in [6.07, 6.45) is 0.708. The second-order valence-corrected chi connectivity index (χ2v) is 4.79. The first-order valence-electron chi connectivity index (χ1n) is 6.62. The highest BCUT2D eigenvalue weighted by atomic mass is 16.5. The molecule has 0 aromatic carbocycles. The molecule has 0 bridgehead atoms. The number of hydrogen-bond donors (Lipinski definition) is 2. The average molecular weight is 265 g/mol. The van der Waals surface area contributed by atoms with Crippen LogP contribution in [0, 0.1) is 5.92 Å². The number of pyridine rings is 1. The third-order valence-electron chi connectivity index (χ3n) is 2.62. The lowest BCUT2D eigenvalue weighted by Crippen LogP contribution is -2.32. The van der Waals surface area contributed by atoms with Crippen molar-refractivity contribution in [1.82, 2.24) is 4.98 Å². The van der Waals surface area contributed by atoms with E-state index >= 15 is 0 Å². The van der Waals surface area contributed by atoms with Crippen molar-refractivity contribution >= 4 is 17.6 Å². The third-order valence-corrected chi connectivity index (χ3v) is 2.62. The maximum absolute atomic E-state index is 11.7. The minimum absolute atomic E-state index is 0.260. The molecule has 1 unspecified atom stereocenters.